The smallest absolute Gasteiger partial charge is 0.139 e. The first-order valence-electron chi connectivity index (χ1n) is 6.79. The number of hydrogen-bond donors (Lipinski definition) is 2. The average Bonchev–Trinajstić information content (AvgIpc) is 2.47. The van der Waals surface area contributed by atoms with E-state index in [0.717, 1.165) is 19.3 Å². The van der Waals surface area contributed by atoms with Crippen molar-refractivity contribution in [1.29, 1.82) is 0 Å². The standard InChI is InChI=1S/C15H19Cl2NO2/c16-11-6-7-14(17)15(8-11)20-10-13(19)9-18-12-4-2-1-3-5-12/h1-2,6-8,12-13,18-19H,3-5,9-10H2. The number of aliphatic hydroxyl groups is 1. The van der Waals surface area contributed by atoms with E-state index in [4.69, 9.17) is 27.9 Å². The average molecular weight is 316 g/mol. The van der Waals surface area contributed by atoms with Crippen molar-refractivity contribution in [3.63, 3.8) is 0 Å². The molecule has 0 saturated heterocycles. The van der Waals surface area contributed by atoms with Gasteiger partial charge in [0.15, 0.2) is 0 Å². The van der Waals surface area contributed by atoms with Crippen LogP contribution in [0.2, 0.25) is 10.0 Å². The maximum absolute atomic E-state index is 9.92. The van der Waals surface area contributed by atoms with Gasteiger partial charge in [-0.3, -0.25) is 0 Å². The van der Waals surface area contributed by atoms with Gasteiger partial charge in [0.05, 0.1) is 5.02 Å². The van der Waals surface area contributed by atoms with Crippen LogP contribution in [0.3, 0.4) is 0 Å². The molecule has 0 bridgehead atoms. The Kier molecular flexibility index (Phi) is 6.17. The van der Waals surface area contributed by atoms with Gasteiger partial charge >= 0.3 is 0 Å². The summed E-state index contributed by atoms with van der Waals surface area (Å²) in [5, 5.41) is 14.3. The molecule has 1 aliphatic carbocycles. The fourth-order valence-electron chi connectivity index (χ4n) is 2.11. The Labute approximate surface area is 129 Å². The molecule has 0 amide bonds. The minimum absolute atomic E-state index is 0.190. The molecule has 0 aliphatic heterocycles. The van der Waals surface area contributed by atoms with Crippen LogP contribution >= 0.6 is 23.2 Å². The quantitative estimate of drug-likeness (QED) is 0.790. The summed E-state index contributed by atoms with van der Waals surface area (Å²) in [5.41, 5.74) is 0. The van der Waals surface area contributed by atoms with Crippen LogP contribution in [0, 0.1) is 0 Å². The highest BCUT2D eigenvalue weighted by molar-refractivity contribution is 6.34. The highest BCUT2D eigenvalue weighted by atomic mass is 35.5. The first-order chi connectivity index (χ1) is 9.65. The summed E-state index contributed by atoms with van der Waals surface area (Å²) in [6.45, 7) is 0.701. The van der Waals surface area contributed by atoms with E-state index in [1.807, 2.05) is 0 Å². The van der Waals surface area contributed by atoms with Crippen LogP contribution in [0.4, 0.5) is 0 Å². The van der Waals surface area contributed by atoms with Crippen molar-refractivity contribution in [2.75, 3.05) is 13.2 Å². The highest BCUT2D eigenvalue weighted by Gasteiger charge is 2.12. The van der Waals surface area contributed by atoms with E-state index in [2.05, 4.69) is 17.5 Å². The zero-order valence-corrected chi connectivity index (χ0v) is 12.7. The summed E-state index contributed by atoms with van der Waals surface area (Å²) in [5.74, 6) is 0.499. The fraction of sp³-hybridized carbons (Fsp3) is 0.467. The first kappa shape index (κ1) is 15.6. The van der Waals surface area contributed by atoms with E-state index in [1.165, 1.54) is 0 Å². The monoisotopic (exact) mass is 315 g/mol. The van der Waals surface area contributed by atoms with Gasteiger partial charge in [-0.05, 0) is 31.4 Å². The SMILES string of the molecule is OC(CNC1CC=CCC1)COc1cc(Cl)ccc1Cl. The molecule has 2 rings (SSSR count). The van der Waals surface area contributed by atoms with Gasteiger partial charge in [0.25, 0.3) is 0 Å². The lowest BCUT2D eigenvalue weighted by atomic mass is 10.0. The second-order valence-corrected chi connectivity index (χ2v) is 5.77. The molecular weight excluding hydrogens is 297 g/mol. The molecule has 0 radical (unpaired) electrons. The second-order valence-electron chi connectivity index (χ2n) is 4.93. The Bertz CT molecular complexity index is 465. The molecule has 2 unspecified atom stereocenters. The number of benzene rings is 1. The van der Waals surface area contributed by atoms with Crippen LogP contribution in [0.1, 0.15) is 19.3 Å². The van der Waals surface area contributed by atoms with Gasteiger partial charge in [-0.25, -0.2) is 0 Å². The van der Waals surface area contributed by atoms with E-state index in [0.29, 0.717) is 28.4 Å². The van der Waals surface area contributed by atoms with Crippen LogP contribution in [-0.4, -0.2) is 30.4 Å². The Balaban J connectivity index is 1.73. The van der Waals surface area contributed by atoms with Crippen LogP contribution in [0.15, 0.2) is 30.4 Å². The Morgan fingerprint density at radius 2 is 2.20 bits per heavy atom. The van der Waals surface area contributed by atoms with Gasteiger partial charge in [0.1, 0.15) is 18.5 Å². The Morgan fingerprint density at radius 1 is 1.35 bits per heavy atom. The van der Waals surface area contributed by atoms with E-state index < -0.39 is 6.10 Å². The molecular formula is C15H19Cl2NO2. The molecule has 5 heteroatoms. The molecule has 0 spiro atoms. The normalized spacial score (nSPS) is 19.9. The van der Waals surface area contributed by atoms with Crippen molar-refractivity contribution in [2.24, 2.45) is 0 Å². The minimum Gasteiger partial charge on any atom is -0.489 e. The molecule has 1 aromatic carbocycles. The molecule has 0 aromatic heterocycles. The highest BCUT2D eigenvalue weighted by Crippen LogP contribution is 2.27. The maximum atomic E-state index is 9.92. The number of ether oxygens (including phenoxy) is 1. The van der Waals surface area contributed by atoms with Gasteiger partial charge in [0.2, 0.25) is 0 Å². The lowest BCUT2D eigenvalue weighted by Gasteiger charge is -2.21. The molecule has 2 N–H and O–H groups in total. The molecule has 20 heavy (non-hydrogen) atoms. The summed E-state index contributed by atoms with van der Waals surface area (Å²) in [6.07, 6.45) is 7.03. The van der Waals surface area contributed by atoms with E-state index in [1.54, 1.807) is 18.2 Å². The van der Waals surface area contributed by atoms with Crippen LogP contribution in [0.5, 0.6) is 5.75 Å². The molecule has 3 nitrogen and oxygen atoms in total. The second kappa shape index (κ2) is 7.89. The number of aliphatic hydroxyl groups excluding tert-OH is 1. The number of allylic oxidation sites excluding steroid dienone is 1. The molecule has 0 heterocycles. The van der Waals surface area contributed by atoms with Crippen molar-refractivity contribution in [1.82, 2.24) is 5.32 Å². The van der Waals surface area contributed by atoms with Gasteiger partial charge in [-0.1, -0.05) is 35.4 Å². The van der Waals surface area contributed by atoms with Gasteiger partial charge in [-0.15, -0.1) is 0 Å². The maximum Gasteiger partial charge on any atom is 0.139 e. The zero-order chi connectivity index (χ0) is 14.4. The third-order valence-electron chi connectivity index (χ3n) is 3.24. The minimum atomic E-state index is -0.573. The van der Waals surface area contributed by atoms with Gasteiger partial charge in [-0.2, -0.15) is 0 Å². The summed E-state index contributed by atoms with van der Waals surface area (Å²) in [6, 6.07) is 5.48. The predicted octanol–water partition coefficient (Wildman–Crippen LogP) is 3.43. The third kappa shape index (κ3) is 4.98. The van der Waals surface area contributed by atoms with Crippen molar-refractivity contribution in [2.45, 2.75) is 31.4 Å². The zero-order valence-electron chi connectivity index (χ0n) is 11.2. The predicted molar refractivity (Wildman–Crippen MR) is 82.7 cm³/mol. The van der Waals surface area contributed by atoms with Crippen molar-refractivity contribution < 1.29 is 9.84 Å². The van der Waals surface area contributed by atoms with Crippen LogP contribution in [-0.2, 0) is 0 Å². The summed E-state index contributed by atoms with van der Waals surface area (Å²) in [4.78, 5) is 0. The van der Waals surface area contributed by atoms with Crippen molar-refractivity contribution in [3.8, 4) is 5.75 Å². The van der Waals surface area contributed by atoms with E-state index >= 15 is 0 Å². The molecule has 110 valence electrons. The van der Waals surface area contributed by atoms with Crippen molar-refractivity contribution >= 4 is 23.2 Å². The number of nitrogens with one attached hydrogen (secondary N) is 1. The first-order valence-corrected chi connectivity index (χ1v) is 7.55. The van der Waals surface area contributed by atoms with Gasteiger partial charge in [0, 0.05) is 23.7 Å². The van der Waals surface area contributed by atoms with Crippen LogP contribution < -0.4 is 10.1 Å². The number of halogens is 2. The number of hydrogen-bond acceptors (Lipinski definition) is 3. The molecule has 0 fully saturated rings. The van der Waals surface area contributed by atoms with Gasteiger partial charge < -0.3 is 15.2 Å². The molecule has 2 atom stereocenters. The van der Waals surface area contributed by atoms with Crippen molar-refractivity contribution in [3.05, 3.63) is 40.4 Å². The topological polar surface area (TPSA) is 41.5 Å². The molecule has 1 aromatic rings. The van der Waals surface area contributed by atoms with E-state index in [9.17, 15) is 5.11 Å². The van der Waals surface area contributed by atoms with E-state index in [-0.39, 0.29) is 6.61 Å². The summed E-state index contributed by atoms with van der Waals surface area (Å²) in [7, 11) is 0. The largest absolute Gasteiger partial charge is 0.489 e. The lowest BCUT2D eigenvalue weighted by Crippen LogP contribution is -2.38. The Morgan fingerprint density at radius 3 is 2.95 bits per heavy atom. The molecule has 1 aliphatic rings. The summed E-state index contributed by atoms with van der Waals surface area (Å²) < 4.78 is 5.50. The molecule has 0 saturated carbocycles. The fourth-order valence-corrected chi connectivity index (χ4v) is 2.45. The number of rotatable bonds is 6. The third-order valence-corrected chi connectivity index (χ3v) is 3.78. The lowest BCUT2D eigenvalue weighted by molar-refractivity contribution is 0.103. The summed E-state index contributed by atoms with van der Waals surface area (Å²) >= 11 is 11.9. The Hall–Kier alpha value is -0.740. The van der Waals surface area contributed by atoms with Crippen LogP contribution in [0.25, 0.3) is 0 Å².